The Hall–Kier alpha value is -2.99. The molecule has 0 aromatic heterocycles. The highest BCUT2D eigenvalue weighted by Crippen LogP contribution is 2.23. The van der Waals surface area contributed by atoms with Crippen LogP contribution in [0.25, 0.3) is 6.08 Å². The van der Waals surface area contributed by atoms with E-state index in [1.807, 2.05) is 43.3 Å². The minimum atomic E-state index is -0.195. The van der Waals surface area contributed by atoms with Gasteiger partial charge in [0.15, 0.2) is 5.11 Å². The summed E-state index contributed by atoms with van der Waals surface area (Å²) in [6.45, 7) is 3.44. The molecule has 0 saturated carbocycles. The molecule has 2 amide bonds. The molecule has 0 atom stereocenters. The summed E-state index contributed by atoms with van der Waals surface area (Å²) >= 11 is 5.30. The minimum absolute atomic E-state index is 0.127. The van der Waals surface area contributed by atoms with Crippen LogP contribution in [-0.4, -0.2) is 16.9 Å². The molecule has 2 aromatic rings. The van der Waals surface area contributed by atoms with Crippen molar-refractivity contribution in [3.8, 4) is 0 Å². The zero-order valence-electron chi connectivity index (χ0n) is 13.9. The summed E-state index contributed by atoms with van der Waals surface area (Å²) in [5.74, 6) is -0.322. The molecule has 0 unspecified atom stereocenters. The molecule has 5 nitrogen and oxygen atoms in total. The topological polar surface area (TPSA) is 61.4 Å². The molecule has 6 heteroatoms. The smallest absolute Gasteiger partial charge is 0.281 e. The predicted octanol–water partition coefficient (Wildman–Crippen LogP) is 3.22. The van der Waals surface area contributed by atoms with Crippen LogP contribution in [-0.2, 0) is 9.59 Å². The molecule has 2 aromatic carbocycles. The molecule has 25 heavy (non-hydrogen) atoms. The number of anilines is 2. The second-order valence-corrected chi connectivity index (χ2v) is 6.15. The van der Waals surface area contributed by atoms with Crippen molar-refractivity contribution in [1.82, 2.24) is 5.32 Å². The first-order valence-electron chi connectivity index (χ1n) is 7.75. The number of carbonyl (C=O) groups is 2. The third kappa shape index (κ3) is 3.75. The maximum absolute atomic E-state index is 12.7. The third-order valence-electron chi connectivity index (χ3n) is 3.71. The van der Waals surface area contributed by atoms with Gasteiger partial charge >= 0.3 is 0 Å². The van der Waals surface area contributed by atoms with E-state index in [-0.39, 0.29) is 11.8 Å². The summed E-state index contributed by atoms with van der Waals surface area (Å²) in [7, 11) is 0. The monoisotopic (exact) mass is 351 g/mol. The van der Waals surface area contributed by atoms with Crippen LogP contribution in [0, 0.1) is 6.92 Å². The number of benzene rings is 2. The van der Waals surface area contributed by atoms with Gasteiger partial charge in [-0.15, -0.1) is 0 Å². The van der Waals surface area contributed by atoms with Crippen LogP contribution in [0.1, 0.15) is 18.1 Å². The molecule has 0 spiro atoms. The lowest BCUT2D eigenvalue weighted by atomic mass is 10.1. The van der Waals surface area contributed by atoms with E-state index in [4.69, 9.17) is 12.2 Å². The van der Waals surface area contributed by atoms with Gasteiger partial charge in [0, 0.05) is 12.6 Å². The van der Waals surface area contributed by atoms with Crippen molar-refractivity contribution < 1.29 is 9.59 Å². The van der Waals surface area contributed by atoms with Gasteiger partial charge < -0.3 is 10.6 Å². The summed E-state index contributed by atoms with van der Waals surface area (Å²) in [4.78, 5) is 25.2. The van der Waals surface area contributed by atoms with Gasteiger partial charge in [0.2, 0.25) is 5.91 Å². The normalized spacial score (nSPS) is 15.4. The Bertz CT molecular complexity index is 871. The number of thiocarbonyl (C=S) groups is 1. The number of nitrogens with one attached hydrogen (secondary N) is 2. The van der Waals surface area contributed by atoms with Gasteiger partial charge in [0.25, 0.3) is 5.91 Å². The van der Waals surface area contributed by atoms with E-state index in [1.165, 1.54) is 11.8 Å². The van der Waals surface area contributed by atoms with E-state index in [0.29, 0.717) is 16.5 Å². The number of aryl methyl sites for hydroxylation is 1. The zero-order chi connectivity index (χ0) is 18.0. The largest absolute Gasteiger partial charge is 0.327 e. The molecular weight excluding hydrogens is 334 g/mol. The molecule has 1 saturated heterocycles. The number of carbonyl (C=O) groups excluding carboxylic acids is 2. The molecule has 1 aliphatic rings. The van der Waals surface area contributed by atoms with E-state index in [9.17, 15) is 9.59 Å². The Balaban J connectivity index is 1.82. The summed E-state index contributed by atoms with van der Waals surface area (Å²) in [6.07, 6.45) is 1.74. The Labute approximate surface area is 151 Å². The van der Waals surface area contributed by atoms with Gasteiger partial charge in [-0.3, -0.25) is 14.5 Å². The zero-order valence-corrected chi connectivity index (χ0v) is 14.7. The van der Waals surface area contributed by atoms with Gasteiger partial charge in [-0.25, -0.2) is 0 Å². The van der Waals surface area contributed by atoms with Crippen LogP contribution < -0.4 is 15.5 Å². The number of hydrogen-bond donors (Lipinski definition) is 2. The first kappa shape index (κ1) is 16.9. The van der Waals surface area contributed by atoms with Gasteiger partial charge in [0.05, 0.1) is 5.69 Å². The number of rotatable bonds is 3. The summed E-state index contributed by atoms with van der Waals surface area (Å²) in [5.41, 5.74) is 3.80. The number of nitrogens with zero attached hydrogens (tertiary/aromatic N) is 1. The predicted molar refractivity (Wildman–Crippen MR) is 103 cm³/mol. The first-order valence-corrected chi connectivity index (χ1v) is 8.16. The average molecular weight is 351 g/mol. The van der Waals surface area contributed by atoms with Crippen LogP contribution in [0.2, 0.25) is 0 Å². The fourth-order valence-corrected chi connectivity index (χ4v) is 2.79. The Morgan fingerprint density at radius 2 is 1.76 bits per heavy atom. The summed E-state index contributed by atoms with van der Waals surface area (Å²) < 4.78 is 0. The maximum Gasteiger partial charge on any atom is 0.281 e. The van der Waals surface area contributed by atoms with Crippen molar-refractivity contribution >= 4 is 46.6 Å². The molecule has 0 bridgehead atoms. The van der Waals surface area contributed by atoms with Crippen molar-refractivity contribution in [2.24, 2.45) is 0 Å². The molecule has 3 rings (SSSR count). The second-order valence-electron chi connectivity index (χ2n) is 5.77. The molecule has 1 fully saturated rings. The first-order chi connectivity index (χ1) is 11.9. The van der Waals surface area contributed by atoms with E-state index in [2.05, 4.69) is 10.6 Å². The van der Waals surface area contributed by atoms with E-state index >= 15 is 0 Å². The van der Waals surface area contributed by atoms with Crippen molar-refractivity contribution in [1.29, 1.82) is 0 Å². The standard InChI is InChI=1S/C19H17N3O2S/c1-12-3-9-16(10-4-12)22-18(24)17(21-19(22)25)11-14-5-7-15(8-6-14)20-13(2)23/h3-11H,1-2H3,(H,20,23)(H,21,25)/b17-11-. The number of amides is 2. The fraction of sp³-hybridized carbons (Fsp3) is 0.105. The van der Waals surface area contributed by atoms with Crippen LogP contribution in [0.4, 0.5) is 11.4 Å². The van der Waals surface area contributed by atoms with E-state index in [1.54, 1.807) is 18.2 Å². The second kappa shape index (κ2) is 6.86. The Kier molecular flexibility index (Phi) is 4.63. The lowest BCUT2D eigenvalue weighted by molar-refractivity contribution is -0.114. The van der Waals surface area contributed by atoms with Gasteiger partial charge in [-0.05, 0) is 55.0 Å². The molecule has 2 N–H and O–H groups in total. The molecule has 126 valence electrons. The summed E-state index contributed by atoms with van der Waals surface area (Å²) in [5, 5.41) is 6.02. The average Bonchev–Trinajstić information content (AvgIpc) is 2.84. The summed E-state index contributed by atoms with van der Waals surface area (Å²) in [6, 6.07) is 14.8. The van der Waals surface area contributed by atoms with Gasteiger partial charge in [0.1, 0.15) is 5.70 Å². The van der Waals surface area contributed by atoms with Crippen LogP contribution in [0.3, 0.4) is 0 Å². The highest BCUT2D eigenvalue weighted by atomic mass is 32.1. The highest BCUT2D eigenvalue weighted by molar-refractivity contribution is 7.80. The third-order valence-corrected chi connectivity index (χ3v) is 4.00. The van der Waals surface area contributed by atoms with Crippen molar-refractivity contribution in [3.63, 3.8) is 0 Å². The molecule has 0 radical (unpaired) electrons. The Morgan fingerprint density at radius 1 is 1.12 bits per heavy atom. The fourth-order valence-electron chi connectivity index (χ4n) is 2.50. The van der Waals surface area contributed by atoms with Crippen LogP contribution in [0.5, 0.6) is 0 Å². The Morgan fingerprint density at radius 3 is 2.36 bits per heavy atom. The quantitative estimate of drug-likeness (QED) is 0.658. The maximum atomic E-state index is 12.7. The molecular formula is C19H17N3O2S. The van der Waals surface area contributed by atoms with Gasteiger partial charge in [-0.2, -0.15) is 0 Å². The highest BCUT2D eigenvalue weighted by Gasteiger charge is 2.31. The van der Waals surface area contributed by atoms with Crippen molar-refractivity contribution in [2.45, 2.75) is 13.8 Å². The molecule has 1 heterocycles. The minimum Gasteiger partial charge on any atom is -0.327 e. The lowest BCUT2D eigenvalue weighted by Crippen LogP contribution is -2.30. The number of hydrogen-bond acceptors (Lipinski definition) is 3. The van der Waals surface area contributed by atoms with Crippen LogP contribution >= 0.6 is 12.2 Å². The lowest BCUT2D eigenvalue weighted by Gasteiger charge is -2.13. The van der Waals surface area contributed by atoms with Crippen molar-refractivity contribution in [3.05, 3.63) is 65.4 Å². The van der Waals surface area contributed by atoms with E-state index in [0.717, 1.165) is 16.8 Å². The molecule has 0 aliphatic carbocycles. The van der Waals surface area contributed by atoms with Gasteiger partial charge in [-0.1, -0.05) is 29.8 Å². The van der Waals surface area contributed by atoms with E-state index < -0.39 is 0 Å². The van der Waals surface area contributed by atoms with Crippen molar-refractivity contribution in [2.75, 3.05) is 10.2 Å². The van der Waals surface area contributed by atoms with Crippen LogP contribution in [0.15, 0.2) is 54.2 Å². The molecule has 1 aliphatic heterocycles. The SMILES string of the molecule is CC(=O)Nc1ccc(/C=C2\NC(=S)N(c3ccc(C)cc3)C2=O)cc1.